The molecule has 0 fully saturated rings. The molecule has 0 saturated carbocycles. The van der Waals surface area contributed by atoms with Crippen LogP contribution in [0.3, 0.4) is 0 Å². The van der Waals surface area contributed by atoms with Gasteiger partial charge in [-0.15, -0.1) is 0 Å². The first kappa shape index (κ1) is 16.9. The van der Waals surface area contributed by atoms with Crippen LogP contribution >= 0.6 is 0 Å². The topological polar surface area (TPSA) is 54.7 Å². The van der Waals surface area contributed by atoms with Crippen molar-refractivity contribution in [2.45, 2.75) is 20.0 Å². The number of aryl methyl sites for hydroxylation is 1. The molecular weight excluding hydrogens is 290 g/mol. The first-order valence-electron chi connectivity index (χ1n) is 7.73. The van der Waals surface area contributed by atoms with Crippen molar-refractivity contribution in [3.63, 3.8) is 0 Å². The van der Waals surface area contributed by atoms with Crippen molar-refractivity contribution in [2.75, 3.05) is 20.7 Å². The van der Waals surface area contributed by atoms with Crippen LogP contribution in [0.5, 0.6) is 5.75 Å². The second-order valence-electron chi connectivity index (χ2n) is 5.32. The zero-order valence-electron chi connectivity index (χ0n) is 14.3. The van der Waals surface area contributed by atoms with E-state index in [-0.39, 0.29) is 0 Å². The van der Waals surface area contributed by atoms with Crippen LogP contribution in [-0.2, 0) is 20.1 Å². The van der Waals surface area contributed by atoms with E-state index < -0.39 is 0 Å². The third kappa shape index (κ3) is 4.74. The Bertz CT molecular complexity index is 633. The van der Waals surface area contributed by atoms with Crippen LogP contribution in [-0.4, -0.2) is 41.3 Å². The van der Waals surface area contributed by atoms with Crippen LogP contribution in [0.15, 0.2) is 41.5 Å². The van der Waals surface area contributed by atoms with Gasteiger partial charge in [0.15, 0.2) is 5.96 Å². The third-order valence-corrected chi connectivity index (χ3v) is 3.59. The number of nitrogens with zero attached hydrogens (tertiary/aromatic N) is 4. The van der Waals surface area contributed by atoms with Gasteiger partial charge in [-0.3, -0.25) is 4.68 Å². The van der Waals surface area contributed by atoms with Crippen molar-refractivity contribution in [1.82, 2.24) is 20.0 Å². The van der Waals surface area contributed by atoms with Crippen molar-refractivity contribution in [3.05, 3.63) is 47.8 Å². The molecule has 0 aliphatic rings. The number of nitrogens with one attached hydrogen (secondary N) is 1. The predicted octanol–water partition coefficient (Wildman–Crippen LogP) is 2.03. The first-order valence-corrected chi connectivity index (χ1v) is 7.73. The number of rotatable bonds is 6. The Balaban J connectivity index is 2.04. The van der Waals surface area contributed by atoms with E-state index in [1.807, 2.05) is 37.0 Å². The first-order chi connectivity index (χ1) is 11.1. The number of benzene rings is 1. The fourth-order valence-corrected chi connectivity index (χ4v) is 2.26. The molecule has 124 valence electrons. The molecule has 2 rings (SSSR count). The van der Waals surface area contributed by atoms with Gasteiger partial charge in [0, 0.05) is 33.4 Å². The number of ether oxygens (including phenoxy) is 1. The van der Waals surface area contributed by atoms with Crippen molar-refractivity contribution < 1.29 is 4.74 Å². The van der Waals surface area contributed by atoms with Gasteiger partial charge in [-0.2, -0.15) is 5.10 Å². The quantitative estimate of drug-likeness (QED) is 0.654. The minimum absolute atomic E-state index is 0.603. The maximum Gasteiger partial charge on any atom is 0.194 e. The number of hydrogen-bond acceptors (Lipinski definition) is 3. The smallest absolute Gasteiger partial charge is 0.194 e. The molecule has 6 heteroatoms. The average Bonchev–Trinajstić information content (AvgIpc) is 2.97. The molecule has 1 heterocycles. The summed E-state index contributed by atoms with van der Waals surface area (Å²) in [6.07, 6.45) is 1.79. The molecule has 0 unspecified atom stereocenters. The molecule has 1 aromatic carbocycles. The summed E-state index contributed by atoms with van der Waals surface area (Å²) in [4.78, 5) is 6.81. The maximum absolute atomic E-state index is 5.19. The highest BCUT2D eigenvalue weighted by molar-refractivity contribution is 5.79. The van der Waals surface area contributed by atoms with E-state index >= 15 is 0 Å². The molecular formula is C17H25N5O. The van der Waals surface area contributed by atoms with Gasteiger partial charge in [-0.1, -0.05) is 12.1 Å². The van der Waals surface area contributed by atoms with E-state index in [9.17, 15) is 0 Å². The monoisotopic (exact) mass is 315 g/mol. The zero-order chi connectivity index (χ0) is 16.7. The molecule has 1 aromatic heterocycles. The SMILES string of the molecule is CCNC(=NCc1ccnn1C)N(C)Cc1ccc(OC)cc1. The molecule has 0 spiro atoms. The molecule has 0 saturated heterocycles. The summed E-state index contributed by atoms with van der Waals surface area (Å²) >= 11 is 0. The summed E-state index contributed by atoms with van der Waals surface area (Å²) in [7, 11) is 5.64. The van der Waals surface area contributed by atoms with Gasteiger partial charge in [0.25, 0.3) is 0 Å². The van der Waals surface area contributed by atoms with E-state index in [2.05, 4.69) is 34.4 Å². The summed E-state index contributed by atoms with van der Waals surface area (Å²) in [5.41, 5.74) is 2.29. The summed E-state index contributed by atoms with van der Waals surface area (Å²) in [6.45, 7) is 4.28. The number of hydrogen-bond donors (Lipinski definition) is 1. The minimum Gasteiger partial charge on any atom is -0.497 e. The maximum atomic E-state index is 5.19. The standard InChI is InChI=1S/C17H25N5O/c1-5-18-17(19-12-15-10-11-20-22(15)3)21(2)13-14-6-8-16(23-4)9-7-14/h6-11H,5,12-13H2,1-4H3,(H,18,19). The van der Waals surface area contributed by atoms with Gasteiger partial charge in [0.2, 0.25) is 0 Å². The van der Waals surface area contributed by atoms with Gasteiger partial charge < -0.3 is 15.0 Å². The molecule has 0 aliphatic carbocycles. The second-order valence-corrected chi connectivity index (χ2v) is 5.32. The Kier molecular flexibility index (Phi) is 6.02. The van der Waals surface area contributed by atoms with Crippen LogP contribution in [0.25, 0.3) is 0 Å². The Morgan fingerprint density at radius 1 is 1.30 bits per heavy atom. The fraction of sp³-hybridized carbons (Fsp3) is 0.412. The summed E-state index contributed by atoms with van der Waals surface area (Å²) in [6, 6.07) is 10.1. The zero-order valence-corrected chi connectivity index (χ0v) is 14.3. The normalized spacial score (nSPS) is 11.4. The van der Waals surface area contributed by atoms with E-state index in [0.29, 0.717) is 6.54 Å². The number of guanidine groups is 1. The Hall–Kier alpha value is -2.50. The highest BCUT2D eigenvalue weighted by Gasteiger charge is 2.07. The minimum atomic E-state index is 0.603. The summed E-state index contributed by atoms with van der Waals surface area (Å²) < 4.78 is 7.04. The molecule has 0 aliphatic heterocycles. The fourth-order valence-electron chi connectivity index (χ4n) is 2.26. The Morgan fingerprint density at radius 3 is 2.61 bits per heavy atom. The molecule has 0 bridgehead atoms. The van der Waals surface area contributed by atoms with Crippen molar-refractivity contribution in [2.24, 2.45) is 12.0 Å². The number of methoxy groups -OCH3 is 1. The predicted molar refractivity (Wildman–Crippen MR) is 92.5 cm³/mol. The van der Waals surface area contributed by atoms with E-state index in [4.69, 9.17) is 9.73 Å². The van der Waals surface area contributed by atoms with Gasteiger partial charge in [-0.05, 0) is 30.7 Å². The lowest BCUT2D eigenvalue weighted by Gasteiger charge is -2.22. The Labute approximate surface area is 137 Å². The lowest BCUT2D eigenvalue weighted by molar-refractivity contribution is 0.414. The lowest BCUT2D eigenvalue weighted by Crippen LogP contribution is -2.38. The highest BCUT2D eigenvalue weighted by atomic mass is 16.5. The van der Waals surface area contributed by atoms with E-state index in [1.165, 1.54) is 5.56 Å². The second kappa shape index (κ2) is 8.22. The molecule has 0 radical (unpaired) electrons. The molecule has 23 heavy (non-hydrogen) atoms. The summed E-state index contributed by atoms with van der Waals surface area (Å²) in [5, 5.41) is 7.50. The van der Waals surface area contributed by atoms with Gasteiger partial charge >= 0.3 is 0 Å². The van der Waals surface area contributed by atoms with Crippen LogP contribution in [0.4, 0.5) is 0 Å². The summed E-state index contributed by atoms with van der Waals surface area (Å²) in [5.74, 6) is 1.75. The largest absolute Gasteiger partial charge is 0.497 e. The highest BCUT2D eigenvalue weighted by Crippen LogP contribution is 2.12. The van der Waals surface area contributed by atoms with E-state index in [1.54, 1.807) is 13.3 Å². The number of aliphatic imine (C=N–C) groups is 1. The van der Waals surface area contributed by atoms with Crippen LogP contribution in [0.2, 0.25) is 0 Å². The molecule has 0 atom stereocenters. The molecule has 6 nitrogen and oxygen atoms in total. The average molecular weight is 315 g/mol. The number of aromatic nitrogens is 2. The van der Waals surface area contributed by atoms with Crippen molar-refractivity contribution >= 4 is 5.96 Å². The van der Waals surface area contributed by atoms with Gasteiger partial charge in [0.1, 0.15) is 5.75 Å². The Morgan fingerprint density at radius 2 is 2.04 bits per heavy atom. The van der Waals surface area contributed by atoms with Gasteiger partial charge in [-0.25, -0.2) is 4.99 Å². The van der Waals surface area contributed by atoms with Crippen molar-refractivity contribution in [1.29, 1.82) is 0 Å². The van der Waals surface area contributed by atoms with Crippen molar-refractivity contribution in [3.8, 4) is 5.75 Å². The van der Waals surface area contributed by atoms with Crippen LogP contribution in [0.1, 0.15) is 18.2 Å². The molecule has 1 N–H and O–H groups in total. The third-order valence-electron chi connectivity index (χ3n) is 3.59. The van der Waals surface area contributed by atoms with Crippen LogP contribution in [0, 0.1) is 0 Å². The molecule has 2 aromatic rings. The lowest BCUT2D eigenvalue weighted by atomic mass is 10.2. The van der Waals surface area contributed by atoms with E-state index in [0.717, 1.165) is 30.5 Å². The van der Waals surface area contributed by atoms with Crippen LogP contribution < -0.4 is 10.1 Å². The van der Waals surface area contributed by atoms with Gasteiger partial charge in [0.05, 0.1) is 19.3 Å². The molecule has 0 amide bonds.